The van der Waals surface area contributed by atoms with Crippen LogP contribution >= 0.6 is 0 Å². The maximum Gasteiger partial charge on any atom is 0.254 e. The first-order valence-corrected chi connectivity index (χ1v) is 7.51. The van der Waals surface area contributed by atoms with E-state index in [4.69, 9.17) is 0 Å². The molecule has 1 aliphatic rings. The quantitative estimate of drug-likeness (QED) is 0.645. The molecular weight excluding hydrogens is 264 g/mol. The predicted molar refractivity (Wildman–Crippen MR) is 84.4 cm³/mol. The minimum atomic E-state index is -0.238. The van der Waals surface area contributed by atoms with Gasteiger partial charge in [0.15, 0.2) is 0 Å². The highest BCUT2D eigenvalue weighted by Crippen LogP contribution is 2.23. The van der Waals surface area contributed by atoms with Crippen LogP contribution in [-0.4, -0.2) is 29.8 Å². The van der Waals surface area contributed by atoms with Crippen LogP contribution in [0.3, 0.4) is 0 Å². The minimum absolute atomic E-state index is 0.106. The fourth-order valence-electron chi connectivity index (χ4n) is 2.57. The molecule has 1 aromatic rings. The normalized spacial score (nSPS) is 13.8. The minimum Gasteiger partial charge on any atom is -0.338 e. The van der Waals surface area contributed by atoms with Gasteiger partial charge in [0.05, 0.1) is 0 Å². The zero-order valence-electron chi connectivity index (χ0n) is 12.5. The Hall–Kier alpha value is -2.10. The van der Waals surface area contributed by atoms with Crippen molar-refractivity contribution in [3.05, 3.63) is 42.0 Å². The van der Waals surface area contributed by atoms with Crippen LogP contribution in [0.25, 0.3) is 0 Å². The van der Waals surface area contributed by atoms with Crippen molar-refractivity contribution < 1.29 is 9.59 Å². The Morgan fingerprint density at radius 2 is 2.24 bits per heavy atom. The summed E-state index contributed by atoms with van der Waals surface area (Å²) < 4.78 is 0. The third kappa shape index (κ3) is 3.72. The van der Waals surface area contributed by atoms with Crippen molar-refractivity contribution in [3.63, 3.8) is 0 Å². The van der Waals surface area contributed by atoms with Crippen LogP contribution in [-0.2, 0) is 11.2 Å². The van der Waals surface area contributed by atoms with E-state index in [0.717, 1.165) is 49.9 Å². The van der Waals surface area contributed by atoms with Gasteiger partial charge >= 0.3 is 0 Å². The van der Waals surface area contributed by atoms with Gasteiger partial charge < -0.3 is 10.2 Å². The first-order valence-electron chi connectivity index (χ1n) is 7.51. The van der Waals surface area contributed by atoms with E-state index in [0.29, 0.717) is 5.69 Å². The van der Waals surface area contributed by atoms with E-state index in [9.17, 15) is 9.59 Å². The predicted octanol–water partition coefficient (Wildman–Crippen LogP) is 3.00. The third-order valence-corrected chi connectivity index (χ3v) is 3.76. The number of benzene rings is 1. The largest absolute Gasteiger partial charge is 0.338 e. The van der Waals surface area contributed by atoms with Gasteiger partial charge in [-0.1, -0.05) is 26.3 Å². The first-order chi connectivity index (χ1) is 10.2. The molecule has 2 amide bonds. The maximum absolute atomic E-state index is 12.4. The molecule has 0 bridgehead atoms. The summed E-state index contributed by atoms with van der Waals surface area (Å²) in [6, 6.07) is 5.47. The summed E-state index contributed by atoms with van der Waals surface area (Å²) in [5, 5.41) is 2.73. The lowest BCUT2D eigenvalue weighted by atomic mass is 9.98. The second kappa shape index (κ2) is 7.07. The lowest BCUT2D eigenvalue weighted by Gasteiger charge is -2.29. The molecule has 0 saturated carbocycles. The topological polar surface area (TPSA) is 49.4 Å². The van der Waals surface area contributed by atoms with Gasteiger partial charge in [0, 0.05) is 24.3 Å². The Bertz CT molecular complexity index is 552. The highest BCUT2D eigenvalue weighted by molar-refractivity contribution is 6.00. The second-order valence-corrected chi connectivity index (χ2v) is 5.31. The van der Waals surface area contributed by atoms with E-state index in [1.165, 1.54) is 6.08 Å². The van der Waals surface area contributed by atoms with Gasteiger partial charge in [-0.05, 0) is 42.7 Å². The monoisotopic (exact) mass is 286 g/mol. The molecule has 1 heterocycles. The van der Waals surface area contributed by atoms with Crippen LogP contribution in [0.2, 0.25) is 0 Å². The molecule has 0 aromatic heterocycles. The molecule has 2 rings (SSSR count). The van der Waals surface area contributed by atoms with Gasteiger partial charge in [-0.2, -0.15) is 0 Å². The molecule has 1 N–H and O–H groups in total. The molecule has 0 unspecified atom stereocenters. The summed E-state index contributed by atoms with van der Waals surface area (Å²) in [5.41, 5.74) is 2.48. The number of anilines is 1. The number of amides is 2. The van der Waals surface area contributed by atoms with Crippen molar-refractivity contribution in [1.82, 2.24) is 4.90 Å². The van der Waals surface area contributed by atoms with Gasteiger partial charge in [-0.25, -0.2) is 0 Å². The Balaban J connectivity index is 2.08. The number of carbonyl (C=O) groups excluding carboxylic acids is 2. The number of hydrogen-bond donors (Lipinski definition) is 1. The third-order valence-electron chi connectivity index (χ3n) is 3.76. The summed E-state index contributed by atoms with van der Waals surface area (Å²) in [4.78, 5) is 25.7. The van der Waals surface area contributed by atoms with Crippen molar-refractivity contribution >= 4 is 17.5 Å². The Kier molecular flexibility index (Phi) is 5.14. The molecule has 1 aliphatic heterocycles. The average molecular weight is 286 g/mol. The van der Waals surface area contributed by atoms with Crippen molar-refractivity contribution in [2.45, 2.75) is 32.6 Å². The molecule has 21 heavy (non-hydrogen) atoms. The van der Waals surface area contributed by atoms with Crippen LogP contribution in [0, 0.1) is 0 Å². The molecule has 1 aromatic carbocycles. The Morgan fingerprint density at radius 1 is 1.43 bits per heavy atom. The lowest BCUT2D eigenvalue weighted by molar-refractivity contribution is -0.111. The fraction of sp³-hybridized carbons (Fsp3) is 0.412. The van der Waals surface area contributed by atoms with Gasteiger partial charge in [0.25, 0.3) is 5.91 Å². The number of nitrogens with one attached hydrogen (secondary N) is 1. The molecule has 4 nitrogen and oxygen atoms in total. The van der Waals surface area contributed by atoms with E-state index < -0.39 is 0 Å². The molecule has 0 atom stereocenters. The zero-order chi connectivity index (χ0) is 15.2. The lowest BCUT2D eigenvalue weighted by Crippen LogP contribution is -2.38. The second-order valence-electron chi connectivity index (χ2n) is 5.31. The fourth-order valence-corrected chi connectivity index (χ4v) is 2.57. The van der Waals surface area contributed by atoms with Crippen molar-refractivity contribution in [1.29, 1.82) is 0 Å². The van der Waals surface area contributed by atoms with Gasteiger partial charge in [0.1, 0.15) is 0 Å². The van der Waals surface area contributed by atoms with E-state index in [-0.39, 0.29) is 11.8 Å². The van der Waals surface area contributed by atoms with Crippen LogP contribution in [0.5, 0.6) is 0 Å². The van der Waals surface area contributed by atoms with Crippen LogP contribution < -0.4 is 5.32 Å². The van der Waals surface area contributed by atoms with E-state index in [1.54, 1.807) is 6.07 Å². The average Bonchev–Trinajstić information content (AvgIpc) is 2.49. The molecule has 0 saturated heterocycles. The Labute approximate surface area is 125 Å². The summed E-state index contributed by atoms with van der Waals surface area (Å²) in [7, 11) is 0. The number of hydrogen-bond acceptors (Lipinski definition) is 2. The number of unbranched alkanes of at least 4 members (excludes halogenated alkanes) is 2. The van der Waals surface area contributed by atoms with Crippen molar-refractivity contribution in [3.8, 4) is 0 Å². The van der Waals surface area contributed by atoms with Crippen molar-refractivity contribution in [2.24, 2.45) is 0 Å². The number of fused-ring (bicyclic) bond motifs is 1. The van der Waals surface area contributed by atoms with E-state index in [1.807, 2.05) is 17.0 Å². The zero-order valence-corrected chi connectivity index (χ0v) is 12.5. The molecule has 0 spiro atoms. The summed E-state index contributed by atoms with van der Waals surface area (Å²) in [6.45, 7) is 7.18. The van der Waals surface area contributed by atoms with Gasteiger partial charge in [-0.3, -0.25) is 9.59 Å². The number of rotatable bonds is 6. The number of nitrogens with zero attached hydrogens (tertiary/aromatic N) is 1. The Morgan fingerprint density at radius 3 is 2.95 bits per heavy atom. The van der Waals surface area contributed by atoms with Gasteiger partial charge in [0.2, 0.25) is 5.91 Å². The van der Waals surface area contributed by atoms with E-state index in [2.05, 4.69) is 18.8 Å². The van der Waals surface area contributed by atoms with E-state index >= 15 is 0 Å². The van der Waals surface area contributed by atoms with Crippen molar-refractivity contribution in [2.75, 3.05) is 18.4 Å². The molecule has 0 fully saturated rings. The highest BCUT2D eigenvalue weighted by Gasteiger charge is 2.23. The van der Waals surface area contributed by atoms with Crippen LogP contribution in [0.1, 0.15) is 42.1 Å². The molecule has 4 heteroatoms. The SMILES string of the molecule is C=CC(=O)Nc1ccc2c(c1)CCN(CCCCC)C2=O. The summed E-state index contributed by atoms with van der Waals surface area (Å²) in [6.07, 6.45) is 5.45. The molecular formula is C17H22N2O2. The number of carbonyl (C=O) groups is 2. The standard InChI is InChI=1S/C17H22N2O2/c1-3-5-6-10-19-11-9-13-12-14(18-16(20)4-2)7-8-15(13)17(19)21/h4,7-8,12H,2-3,5-6,9-11H2,1H3,(H,18,20). The molecule has 112 valence electrons. The van der Waals surface area contributed by atoms with Crippen LogP contribution in [0.4, 0.5) is 5.69 Å². The summed E-state index contributed by atoms with van der Waals surface area (Å²) >= 11 is 0. The maximum atomic E-state index is 12.4. The smallest absolute Gasteiger partial charge is 0.254 e. The molecule has 0 radical (unpaired) electrons. The highest BCUT2D eigenvalue weighted by atomic mass is 16.2. The molecule has 0 aliphatic carbocycles. The summed E-state index contributed by atoms with van der Waals surface area (Å²) in [5.74, 6) is -0.132. The van der Waals surface area contributed by atoms with Crippen LogP contribution in [0.15, 0.2) is 30.9 Å². The van der Waals surface area contributed by atoms with Gasteiger partial charge in [-0.15, -0.1) is 0 Å². The first kappa shape index (κ1) is 15.3.